The standard InChI is InChI=1S/C31H45Cl2NO3/c1-3-4-5-6-7-8-9-10-11-12-13-14-15-18-25-19-16-17-20-28(25)37-22-21-29(35)34-27-23-26(32)24(2)30(33)31(27)36/h16-17,19-20,23,36H,3-15,18,21-22H2,1-2H3,(H,34,35). The number of hydrogen-bond acceptors (Lipinski definition) is 3. The number of para-hydroxylation sites is 1. The van der Waals surface area contributed by atoms with Crippen LogP contribution in [0.3, 0.4) is 0 Å². The fourth-order valence-electron chi connectivity index (χ4n) is 4.45. The monoisotopic (exact) mass is 549 g/mol. The van der Waals surface area contributed by atoms with Crippen molar-refractivity contribution in [1.29, 1.82) is 0 Å². The second kappa shape index (κ2) is 18.4. The van der Waals surface area contributed by atoms with Gasteiger partial charge in [-0.05, 0) is 43.0 Å². The van der Waals surface area contributed by atoms with E-state index in [0.717, 1.165) is 18.6 Å². The van der Waals surface area contributed by atoms with Crippen molar-refractivity contribution in [2.45, 2.75) is 110 Å². The maximum Gasteiger partial charge on any atom is 0.227 e. The number of benzene rings is 2. The number of halogens is 2. The first-order valence-electron chi connectivity index (χ1n) is 14.1. The molecule has 2 aromatic carbocycles. The summed E-state index contributed by atoms with van der Waals surface area (Å²) in [6, 6.07) is 9.55. The van der Waals surface area contributed by atoms with E-state index in [0.29, 0.717) is 10.6 Å². The molecule has 0 fully saturated rings. The van der Waals surface area contributed by atoms with Gasteiger partial charge in [-0.25, -0.2) is 0 Å². The van der Waals surface area contributed by atoms with Crippen molar-refractivity contribution in [2.24, 2.45) is 0 Å². The first kappa shape index (κ1) is 31.3. The minimum Gasteiger partial charge on any atom is -0.504 e. The number of hydrogen-bond donors (Lipinski definition) is 2. The van der Waals surface area contributed by atoms with Crippen molar-refractivity contribution in [2.75, 3.05) is 11.9 Å². The van der Waals surface area contributed by atoms with Gasteiger partial charge < -0.3 is 15.2 Å². The highest BCUT2D eigenvalue weighted by molar-refractivity contribution is 6.37. The lowest BCUT2D eigenvalue weighted by Gasteiger charge is -2.13. The predicted molar refractivity (Wildman–Crippen MR) is 157 cm³/mol. The fraction of sp³-hybridized carbons (Fsp3) is 0.581. The molecule has 1 amide bonds. The number of aryl methyl sites for hydroxylation is 1. The summed E-state index contributed by atoms with van der Waals surface area (Å²) in [5.41, 5.74) is 1.96. The minimum atomic E-state index is -0.278. The first-order chi connectivity index (χ1) is 17.9. The number of anilines is 1. The van der Waals surface area contributed by atoms with Crippen LogP contribution in [0.4, 0.5) is 5.69 Å². The molecule has 0 unspecified atom stereocenters. The van der Waals surface area contributed by atoms with E-state index in [4.69, 9.17) is 27.9 Å². The third kappa shape index (κ3) is 12.0. The van der Waals surface area contributed by atoms with Crippen molar-refractivity contribution in [3.8, 4) is 11.5 Å². The van der Waals surface area contributed by atoms with Crippen molar-refractivity contribution in [1.82, 2.24) is 0 Å². The number of carbonyl (C=O) groups is 1. The molecule has 0 aliphatic carbocycles. The number of carbonyl (C=O) groups excluding carboxylic acids is 1. The summed E-state index contributed by atoms with van der Waals surface area (Å²) in [6.07, 6.45) is 18.6. The second-order valence-corrected chi connectivity index (χ2v) is 10.7. The van der Waals surface area contributed by atoms with E-state index in [9.17, 15) is 9.90 Å². The molecule has 0 heterocycles. The van der Waals surface area contributed by atoms with Crippen molar-refractivity contribution in [3.63, 3.8) is 0 Å². The van der Waals surface area contributed by atoms with E-state index in [1.165, 1.54) is 88.7 Å². The molecule has 0 spiro atoms. The molecular formula is C31H45Cl2NO3. The minimum absolute atomic E-state index is 0.140. The molecule has 2 rings (SSSR count). The number of ether oxygens (including phenoxy) is 1. The van der Waals surface area contributed by atoms with Crippen LogP contribution in [0.25, 0.3) is 0 Å². The van der Waals surface area contributed by atoms with Gasteiger partial charge in [0.25, 0.3) is 0 Å². The lowest BCUT2D eigenvalue weighted by Crippen LogP contribution is -2.15. The number of unbranched alkanes of at least 4 members (excludes halogenated alkanes) is 12. The molecule has 0 radical (unpaired) electrons. The lowest BCUT2D eigenvalue weighted by molar-refractivity contribution is -0.116. The maximum absolute atomic E-state index is 12.4. The number of aromatic hydroxyl groups is 1. The van der Waals surface area contributed by atoms with E-state index < -0.39 is 0 Å². The fourth-order valence-corrected chi connectivity index (χ4v) is 4.91. The largest absolute Gasteiger partial charge is 0.504 e. The molecule has 37 heavy (non-hydrogen) atoms. The Morgan fingerprint density at radius 3 is 2.08 bits per heavy atom. The zero-order valence-electron chi connectivity index (χ0n) is 22.7. The second-order valence-electron chi connectivity index (χ2n) is 9.94. The van der Waals surface area contributed by atoms with Gasteiger partial charge in [0.15, 0.2) is 5.75 Å². The number of rotatable bonds is 19. The van der Waals surface area contributed by atoms with Gasteiger partial charge in [0, 0.05) is 5.02 Å². The molecule has 0 saturated carbocycles. The Morgan fingerprint density at radius 2 is 1.46 bits per heavy atom. The van der Waals surface area contributed by atoms with Crippen molar-refractivity contribution < 1.29 is 14.6 Å². The first-order valence-corrected chi connectivity index (χ1v) is 14.9. The highest BCUT2D eigenvalue weighted by Gasteiger charge is 2.15. The number of nitrogens with one attached hydrogen (secondary N) is 1. The lowest BCUT2D eigenvalue weighted by atomic mass is 10.0. The van der Waals surface area contributed by atoms with Gasteiger partial charge >= 0.3 is 0 Å². The molecule has 0 bridgehead atoms. The van der Waals surface area contributed by atoms with Gasteiger partial charge in [-0.15, -0.1) is 0 Å². The van der Waals surface area contributed by atoms with Crippen LogP contribution < -0.4 is 10.1 Å². The topological polar surface area (TPSA) is 58.6 Å². The molecule has 2 aromatic rings. The smallest absolute Gasteiger partial charge is 0.227 e. The van der Waals surface area contributed by atoms with Crippen LogP contribution in [0.15, 0.2) is 30.3 Å². The van der Waals surface area contributed by atoms with Crippen LogP contribution in [0.1, 0.15) is 108 Å². The van der Waals surface area contributed by atoms with Crippen LogP contribution in [0.5, 0.6) is 11.5 Å². The summed E-state index contributed by atoms with van der Waals surface area (Å²) in [7, 11) is 0. The van der Waals surface area contributed by atoms with Gasteiger partial charge in [-0.2, -0.15) is 0 Å². The van der Waals surface area contributed by atoms with Crippen LogP contribution in [0.2, 0.25) is 10.0 Å². The molecule has 0 aromatic heterocycles. The zero-order chi connectivity index (χ0) is 26.9. The van der Waals surface area contributed by atoms with Crippen LogP contribution in [-0.4, -0.2) is 17.6 Å². The quantitative estimate of drug-likeness (QED) is 0.135. The molecule has 0 atom stereocenters. The highest BCUT2D eigenvalue weighted by Crippen LogP contribution is 2.38. The summed E-state index contributed by atoms with van der Waals surface area (Å²) in [5.74, 6) is 0.375. The SMILES string of the molecule is CCCCCCCCCCCCCCCc1ccccc1OCCC(=O)Nc1cc(Cl)c(C)c(Cl)c1O. The average molecular weight is 551 g/mol. The number of phenols is 1. The molecule has 0 aliphatic heterocycles. The Balaban J connectivity index is 1.61. The van der Waals surface area contributed by atoms with Crippen LogP contribution >= 0.6 is 23.2 Å². The van der Waals surface area contributed by atoms with Crippen LogP contribution in [-0.2, 0) is 11.2 Å². The van der Waals surface area contributed by atoms with E-state index in [-0.39, 0.29) is 35.4 Å². The zero-order valence-corrected chi connectivity index (χ0v) is 24.2. The molecule has 4 nitrogen and oxygen atoms in total. The Kier molecular flexibility index (Phi) is 15.5. The average Bonchev–Trinajstić information content (AvgIpc) is 2.89. The van der Waals surface area contributed by atoms with E-state index in [1.54, 1.807) is 6.92 Å². The molecule has 6 heteroatoms. The predicted octanol–water partition coefficient (Wildman–Crippen LogP) is 10.0. The normalized spacial score (nSPS) is 11.0. The van der Waals surface area contributed by atoms with Gasteiger partial charge in [0.2, 0.25) is 5.91 Å². The maximum atomic E-state index is 12.4. The molecule has 2 N–H and O–H groups in total. The molecular weight excluding hydrogens is 505 g/mol. The van der Waals surface area contributed by atoms with Gasteiger partial charge in [-0.1, -0.05) is 125 Å². The molecule has 0 saturated heterocycles. The Labute approximate surface area is 234 Å². The third-order valence-corrected chi connectivity index (χ3v) is 7.66. The Hall–Kier alpha value is -1.91. The summed E-state index contributed by atoms with van der Waals surface area (Å²) in [5, 5.41) is 13.4. The van der Waals surface area contributed by atoms with Crippen LogP contribution in [0, 0.1) is 6.92 Å². The van der Waals surface area contributed by atoms with E-state index in [1.807, 2.05) is 18.2 Å². The number of phenolic OH excluding ortho intramolecular Hbond substituents is 1. The van der Waals surface area contributed by atoms with E-state index >= 15 is 0 Å². The van der Waals surface area contributed by atoms with Gasteiger partial charge in [-0.3, -0.25) is 4.79 Å². The molecule has 206 valence electrons. The molecule has 0 aliphatic rings. The third-order valence-electron chi connectivity index (χ3n) is 6.80. The van der Waals surface area contributed by atoms with Crippen molar-refractivity contribution in [3.05, 3.63) is 51.5 Å². The summed E-state index contributed by atoms with van der Waals surface area (Å²) in [4.78, 5) is 12.4. The number of amides is 1. The van der Waals surface area contributed by atoms with Gasteiger partial charge in [0.05, 0.1) is 23.7 Å². The summed E-state index contributed by atoms with van der Waals surface area (Å²) < 4.78 is 5.93. The van der Waals surface area contributed by atoms with Crippen molar-refractivity contribution >= 4 is 34.8 Å². The highest BCUT2D eigenvalue weighted by atomic mass is 35.5. The summed E-state index contributed by atoms with van der Waals surface area (Å²) in [6.45, 7) is 4.22. The Bertz CT molecular complexity index is 948. The Morgan fingerprint density at radius 1 is 0.892 bits per heavy atom. The van der Waals surface area contributed by atoms with E-state index in [2.05, 4.69) is 18.3 Å². The van der Waals surface area contributed by atoms with Gasteiger partial charge in [0.1, 0.15) is 5.75 Å². The summed E-state index contributed by atoms with van der Waals surface area (Å²) >= 11 is 12.2.